The minimum Gasteiger partial charge on any atom is -0.387 e. The molecule has 0 aromatic carbocycles. The lowest BCUT2D eigenvalue weighted by atomic mass is 10.0. The molecule has 0 unspecified atom stereocenters. The second kappa shape index (κ2) is 4.53. The van der Waals surface area contributed by atoms with Crippen molar-refractivity contribution in [3.8, 4) is 5.69 Å². The molecule has 4 nitrogen and oxygen atoms in total. The van der Waals surface area contributed by atoms with Crippen LogP contribution >= 0.6 is 0 Å². The fraction of sp³-hybridized carbons (Fsp3) is 0.429. The summed E-state index contributed by atoms with van der Waals surface area (Å²) in [6.07, 6.45) is 7.82. The molecular formula is C14H17N3O. The molecule has 94 valence electrons. The molecule has 4 heteroatoms. The Bertz CT molecular complexity index is 543. The van der Waals surface area contributed by atoms with Crippen LogP contribution in [0.2, 0.25) is 0 Å². The first-order valence-corrected chi connectivity index (χ1v) is 6.45. The molecule has 0 saturated carbocycles. The molecule has 0 fully saturated rings. The number of nitrogens with zero attached hydrogens (tertiary/aromatic N) is 3. The van der Waals surface area contributed by atoms with Gasteiger partial charge in [0, 0.05) is 5.69 Å². The molecule has 0 spiro atoms. The zero-order valence-corrected chi connectivity index (χ0v) is 10.5. The van der Waals surface area contributed by atoms with Gasteiger partial charge in [-0.25, -0.2) is 4.98 Å². The van der Waals surface area contributed by atoms with Crippen LogP contribution in [0.4, 0.5) is 0 Å². The number of fused-ring (bicyclic) bond motifs is 1. The molecular weight excluding hydrogens is 226 g/mol. The quantitative estimate of drug-likeness (QED) is 0.879. The summed E-state index contributed by atoms with van der Waals surface area (Å²) in [5, 5.41) is 9.46. The van der Waals surface area contributed by atoms with E-state index in [4.69, 9.17) is 0 Å². The van der Waals surface area contributed by atoms with Gasteiger partial charge in [0.15, 0.2) is 0 Å². The summed E-state index contributed by atoms with van der Waals surface area (Å²) in [6.45, 7) is 1.72. The Morgan fingerprint density at radius 2 is 2.06 bits per heavy atom. The van der Waals surface area contributed by atoms with Crippen molar-refractivity contribution >= 4 is 0 Å². The average Bonchev–Trinajstić information content (AvgIpc) is 2.82. The topological polar surface area (TPSA) is 50.9 Å². The van der Waals surface area contributed by atoms with Gasteiger partial charge in [-0.3, -0.25) is 4.98 Å². The average molecular weight is 243 g/mol. The summed E-state index contributed by atoms with van der Waals surface area (Å²) in [5.41, 5.74) is 4.26. The van der Waals surface area contributed by atoms with E-state index in [1.807, 2.05) is 18.5 Å². The van der Waals surface area contributed by atoms with E-state index in [1.54, 1.807) is 13.1 Å². The van der Waals surface area contributed by atoms with Crippen molar-refractivity contribution in [2.75, 3.05) is 0 Å². The van der Waals surface area contributed by atoms with Gasteiger partial charge in [0.2, 0.25) is 0 Å². The van der Waals surface area contributed by atoms with E-state index < -0.39 is 6.10 Å². The first kappa shape index (κ1) is 11.4. The van der Waals surface area contributed by atoms with Gasteiger partial charge < -0.3 is 9.67 Å². The van der Waals surface area contributed by atoms with Crippen LogP contribution in [-0.4, -0.2) is 19.6 Å². The molecule has 2 aromatic rings. The maximum atomic E-state index is 9.46. The normalized spacial score (nSPS) is 16.3. The summed E-state index contributed by atoms with van der Waals surface area (Å²) in [4.78, 5) is 8.76. The molecule has 2 heterocycles. The van der Waals surface area contributed by atoms with Crippen molar-refractivity contribution in [1.29, 1.82) is 0 Å². The smallest absolute Gasteiger partial charge is 0.0998 e. The van der Waals surface area contributed by atoms with Gasteiger partial charge in [-0.15, -0.1) is 0 Å². The maximum Gasteiger partial charge on any atom is 0.0998 e. The summed E-state index contributed by atoms with van der Waals surface area (Å²) >= 11 is 0. The van der Waals surface area contributed by atoms with Crippen LogP contribution in [0.3, 0.4) is 0 Å². The molecule has 1 aliphatic rings. The molecule has 1 atom stereocenters. The predicted octanol–water partition coefficient (Wildman–Crippen LogP) is 2.20. The van der Waals surface area contributed by atoms with Crippen molar-refractivity contribution in [2.45, 2.75) is 38.7 Å². The highest BCUT2D eigenvalue weighted by molar-refractivity contribution is 5.35. The zero-order chi connectivity index (χ0) is 12.5. The van der Waals surface area contributed by atoms with Crippen molar-refractivity contribution in [1.82, 2.24) is 14.5 Å². The third-order valence-electron chi connectivity index (χ3n) is 3.51. The van der Waals surface area contributed by atoms with E-state index in [-0.39, 0.29) is 0 Å². The Morgan fingerprint density at radius 1 is 1.22 bits per heavy atom. The SMILES string of the molecule is C[C@@H](O)c1ccc(-n2cnc3c2CCCC3)cn1. The summed E-state index contributed by atoms with van der Waals surface area (Å²) < 4.78 is 2.12. The number of rotatable bonds is 2. The standard InChI is InChI=1S/C14H17N3O/c1-10(18)12-7-6-11(8-15-12)17-9-16-13-4-2-3-5-14(13)17/h6-10,18H,2-5H2,1H3/t10-/m1/s1. The summed E-state index contributed by atoms with van der Waals surface area (Å²) in [6, 6.07) is 3.86. The highest BCUT2D eigenvalue weighted by Crippen LogP contribution is 2.23. The van der Waals surface area contributed by atoms with E-state index in [1.165, 1.54) is 24.2 Å². The fourth-order valence-electron chi connectivity index (χ4n) is 2.48. The van der Waals surface area contributed by atoms with Crippen LogP contribution in [0.25, 0.3) is 5.69 Å². The second-order valence-corrected chi connectivity index (χ2v) is 4.83. The monoisotopic (exact) mass is 243 g/mol. The van der Waals surface area contributed by atoms with E-state index in [0.29, 0.717) is 5.69 Å². The summed E-state index contributed by atoms with van der Waals surface area (Å²) in [7, 11) is 0. The second-order valence-electron chi connectivity index (χ2n) is 4.83. The molecule has 1 N–H and O–H groups in total. The minimum atomic E-state index is -0.518. The van der Waals surface area contributed by atoms with Crippen LogP contribution in [0.1, 0.15) is 43.0 Å². The molecule has 2 aromatic heterocycles. The minimum absolute atomic E-state index is 0.518. The molecule has 0 radical (unpaired) electrons. The molecule has 0 saturated heterocycles. The third-order valence-corrected chi connectivity index (χ3v) is 3.51. The Hall–Kier alpha value is -1.68. The summed E-state index contributed by atoms with van der Waals surface area (Å²) in [5.74, 6) is 0. The third kappa shape index (κ3) is 1.93. The maximum absolute atomic E-state index is 9.46. The Morgan fingerprint density at radius 3 is 2.78 bits per heavy atom. The van der Waals surface area contributed by atoms with Gasteiger partial charge in [0.05, 0.1) is 35.7 Å². The number of aryl methyl sites for hydroxylation is 1. The molecule has 0 amide bonds. The van der Waals surface area contributed by atoms with Crippen LogP contribution in [0.5, 0.6) is 0 Å². The highest BCUT2D eigenvalue weighted by Gasteiger charge is 2.16. The van der Waals surface area contributed by atoms with Gasteiger partial charge >= 0.3 is 0 Å². The predicted molar refractivity (Wildman–Crippen MR) is 68.6 cm³/mol. The van der Waals surface area contributed by atoms with Gasteiger partial charge in [-0.05, 0) is 44.7 Å². The first-order chi connectivity index (χ1) is 8.75. The lowest BCUT2D eigenvalue weighted by Crippen LogP contribution is -2.07. The number of aromatic nitrogens is 3. The van der Waals surface area contributed by atoms with Crippen molar-refractivity contribution in [3.63, 3.8) is 0 Å². The number of pyridine rings is 1. The Kier molecular flexibility index (Phi) is 2.88. The van der Waals surface area contributed by atoms with E-state index in [2.05, 4.69) is 14.5 Å². The number of hydrogen-bond donors (Lipinski definition) is 1. The number of aliphatic hydroxyl groups excluding tert-OH is 1. The van der Waals surface area contributed by atoms with E-state index >= 15 is 0 Å². The first-order valence-electron chi connectivity index (χ1n) is 6.45. The van der Waals surface area contributed by atoms with Gasteiger partial charge in [0.1, 0.15) is 0 Å². The van der Waals surface area contributed by atoms with E-state index in [9.17, 15) is 5.11 Å². The van der Waals surface area contributed by atoms with E-state index in [0.717, 1.165) is 18.5 Å². The van der Waals surface area contributed by atoms with Crippen molar-refractivity contribution in [2.24, 2.45) is 0 Å². The van der Waals surface area contributed by atoms with Crippen LogP contribution in [-0.2, 0) is 12.8 Å². The number of aliphatic hydroxyl groups is 1. The van der Waals surface area contributed by atoms with Gasteiger partial charge in [0.25, 0.3) is 0 Å². The molecule has 18 heavy (non-hydrogen) atoms. The van der Waals surface area contributed by atoms with Gasteiger partial charge in [-0.2, -0.15) is 0 Å². The highest BCUT2D eigenvalue weighted by atomic mass is 16.3. The lowest BCUT2D eigenvalue weighted by molar-refractivity contribution is 0.194. The lowest BCUT2D eigenvalue weighted by Gasteiger charge is -2.14. The molecule has 1 aliphatic carbocycles. The van der Waals surface area contributed by atoms with Crippen molar-refractivity contribution in [3.05, 3.63) is 41.7 Å². The molecule has 3 rings (SSSR count). The van der Waals surface area contributed by atoms with Gasteiger partial charge in [-0.1, -0.05) is 0 Å². The largest absolute Gasteiger partial charge is 0.387 e. The van der Waals surface area contributed by atoms with Crippen molar-refractivity contribution < 1.29 is 5.11 Å². The van der Waals surface area contributed by atoms with Crippen LogP contribution in [0, 0.1) is 0 Å². The van der Waals surface area contributed by atoms with Crippen LogP contribution in [0.15, 0.2) is 24.7 Å². The zero-order valence-electron chi connectivity index (χ0n) is 10.5. The number of imidazole rings is 1. The molecule has 0 bridgehead atoms. The Labute approximate surface area is 106 Å². The molecule has 0 aliphatic heterocycles. The Balaban J connectivity index is 1.97. The van der Waals surface area contributed by atoms with Crippen LogP contribution < -0.4 is 0 Å². The number of hydrogen-bond acceptors (Lipinski definition) is 3. The fourth-order valence-corrected chi connectivity index (χ4v) is 2.48.